The number of rotatable bonds is 11. The molecule has 0 radical (unpaired) electrons. The summed E-state index contributed by atoms with van der Waals surface area (Å²) in [5.74, 6) is 11.3. The van der Waals surface area contributed by atoms with Crippen LogP contribution in [0, 0.1) is 23.7 Å². The van der Waals surface area contributed by atoms with E-state index in [0.29, 0.717) is 23.3 Å². The molecule has 0 aliphatic rings. The first-order valence-electron chi connectivity index (χ1n) is 13.0. The number of hydrogen-bond acceptors (Lipinski definition) is 7. The standard InChI is InChI=1S/C31H37NO7/c1-22(33)28(30(36)37-5)32-29(35)24-18-16-23(17-19-24)12-10-11-14-26-21-20-25(38-26)13-8-6-7-9-15-27(34)39-31(2,3)4/h16-22,28,33H,6-9,13,15H2,1-5H3,(H,32,35)/t22-,28+/m1/s1. The molecular formula is C31H37NO7. The number of furan rings is 1. The predicted molar refractivity (Wildman–Crippen MR) is 146 cm³/mol. The zero-order valence-electron chi connectivity index (χ0n) is 23.3. The molecule has 2 aromatic rings. The average Bonchev–Trinajstić information content (AvgIpc) is 3.33. The molecule has 8 heteroatoms. The Morgan fingerprint density at radius 1 is 0.974 bits per heavy atom. The topological polar surface area (TPSA) is 115 Å². The summed E-state index contributed by atoms with van der Waals surface area (Å²) in [6, 6.07) is 9.03. The molecule has 0 bridgehead atoms. The van der Waals surface area contributed by atoms with Gasteiger partial charge < -0.3 is 24.3 Å². The van der Waals surface area contributed by atoms with Crippen molar-refractivity contribution in [2.45, 2.75) is 84.0 Å². The number of aliphatic hydroxyl groups is 1. The number of esters is 2. The molecule has 1 heterocycles. The fourth-order valence-electron chi connectivity index (χ4n) is 3.52. The summed E-state index contributed by atoms with van der Waals surface area (Å²) >= 11 is 0. The van der Waals surface area contributed by atoms with Gasteiger partial charge in [0.15, 0.2) is 11.8 Å². The first-order valence-corrected chi connectivity index (χ1v) is 13.0. The molecule has 8 nitrogen and oxygen atoms in total. The fraction of sp³-hybridized carbons (Fsp3) is 0.452. The van der Waals surface area contributed by atoms with Crippen LogP contribution >= 0.6 is 0 Å². The van der Waals surface area contributed by atoms with Crippen LogP contribution < -0.4 is 5.32 Å². The third-order valence-electron chi connectivity index (χ3n) is 5.46. The molecule has 2 atom stereocenters. The summed E-state index contributed by atoms with van der Waals surface area (Å²) in [7, 11) is 1.19. The Balaban J connectivity index is 1.77. The highest BCUT2D eigenvalue weighted by atomic mass is 16.6. The van der Waals surface area contributed by atoms with Gasteiger partial charge in [0.05, 0.1) is 13.2 Å². The van der Waals surface area contributed by atoms with Gasteiger partial charge in [-0.25, -0.2) is 4.79 Å². The molecule has 2 rings (SSSR count). The molecule has 0 aliphatic heterocycles. The number of nitrogens with one attached hydrogen (secondary N) is 1. The molecular weight excluding hydrogens is 498 g/mol. The molecule has 0 unspecified atom stereocenters. The molecule has 1 aromatic heterocycles. The Labute approximate surface area is 230 Å². The summed E-state index contributed by atoms with van der Waals surface area (Å²) < 4.78 is 15.7. The van der Waals surface area contributed by atoms with Gasteiger partial charge >= 0.3 is 11.9 Å². The summed E-state index contributed by atoms with van der Waals surface area (Å²) in [4.78, 5) is 35.8. The molecule has 1 aromatic carbocycles. The maximum atomic E-state index is 12.4. The number of aryl methyl sites for hydroxylation is 1. The van der Waals surface area contributed by atoms with Gasteiger partial charge in [0.25, 0.3) is 5.91 Å². The van der Waals surface area contributed by atoms with Crippen molar-refractivity contribution in [3.63, 3.8) is 0 Å². The van der Waals surface area contributed by atoms with Crippen molar-refractivity contribution in [2.24, 2.45) is 0 Å². The molecule has 0 saturated carbocycles. The third kappa shape index (κ3) is 11.9. The highest BCUT2D eigenvalue weighted by Crippen LogP contribution is 2.14. The molecule has 1 amide bonds. The zero-order valence-corrected chi connectivity index (χ0v) is 23.3. The van der Waals surface area contributed by atoms with Crippen molar-refractivity contribution in [3.05, 3.63) is 59.0 Å². The summed E-state index contributed by atoms with van der Waals surface area (Å²) in [6.45, 7) is 7.00. The van der Waals surface area contributed by atoms with Gasteiger partial charge in [0.2, 0.25) is 0 Å². The second-order valence-corrected chi connectivity index (χ2v) is 10.1. The van der Waals surface area contributed by atoms with Gasteiger partial charge in [-0.3, -0.25) is 9.59 Å². The number of methoxy groups -OCH3 is 1. The number of carbonyl (C=O) groups excluding carboxylic acids is 3. The molecule has 0 saturated heterocycles. The van der Waals surface area contributed by atoms with E-state index in [0.717, 1.165) is 37.9 Å². The molecule has 0 aliphatic carbocycles. The minimum atomic E-state index is -1.16. The zero-order chi connectivity index (χ0) is 28.8. The largest absolute Gasteiger partial charge is 0.467 e. The van der Waals surface area contributed by atoms with E-state index in [9.17, 15) is 19.5 Å². The number of hydrogen-bond donors (Lipinski definition) is 2. The Bertz CT molecular complexity index is 1230. The minimum absolute atomic E-state index is 0.150. The fourth-order valence-corrected chi connectivity index (χ4v) is 3.52. The van der Waals surface area contributed by atoms with Gasteiger partial charge in [-0.15, -0.1) is 0 Å². The molecule has 0 fully saturated rings. The monoisotopic (exact) mass is 535 g/mol. The lowest BCUT2D eigenvalue weighted by Crippen LogP contribution is -2.48. The lowest BCUT2D eigenvalue weighted by atomic mass is 10.1. The number of carbonyl (C=O) groups is 3. The van der Waals surface area contributed by atoms with Crippen molar-refractivity contribution in [1.29, 1.82) is 0 Å². The highest BCUT2D eigenvalue weighted by Gasteiger charge is 2.26. The maximum Gasteiger partial charge on any atom is 0.331 e. The van der Waals surface area contributed by atoms with E-state index < -0.39 is 29.6 Å². The van der Waals surface area contributed by atoms with Crippen LogP contribution in [0.1, 0.15) is 87.2 Å². The molecule has 208 valence electrons. The van der Waals surface area contributed by atoms with E-state index in [1.807, 2.05) is 32.9 Å². The SMILES string of the molecule is COC(=O)[C@@H](NC(=O)c1ccc(C#CC#Cc2ccc(CCCCCCC(=O)OC(C)(C)C)o2)cc1)[C@@H](C)O. The van der Waals surface area contributed by atoms with Crippen LogP contribution in [0.5, 0.6) is 0 Å². The number of aliphatic hydroxyl groups excluding tert-OH is 1. The normalized spacial score (nSPS) is 12.2. The van der Waals surface area contributed by atoms with Crippen LogP contribution in [-0.4, -0.2) is 47.8 Å². The maximum absolute atomic E-state index is 12.4. The lowest BCUT2D eigenvalue weighted by molar-refractivity contribution is -0.155. The van der Waals surface area contributed by atoms with E-state index >= 15 is 0 Å². The van der Waals surface area contributed by atoms with Gasteiger partial charge in [-0.2, -0.15) is 0 Å². The Hall–Kier alpha value is -4.01. The third-order valence-corrected chi connectivity index (χ3v) is 5.46. The molecule has 39 heavy (non-hydrogen) atoms. The van der Waals surface area contributed by atoms with Gasteiger partial charge in [0, 0.05) is 24.0 Å². The van der Waals surface area contributed by atoms with Crippen molar-refractivity contribution in [3.8, 4) is 23.7 Å². The van der Waals surface area contributed by atoms with Gasteiger partial charge in [-0.1, -0.05) is 18.8 Å². The van der Waals surface area contributed by atoms with E-state index in [-0.39, 0.29) is 5.97 Å². The number of amides is 1. The molecule has 2 N–H and O–H groups in total. The summed E-state index contributed by atoms with van der Waals surface area (Å²) in [5.41, 5.74) is 0.535. The minimum Gasteiger partial charge on any atom is -0.467 e. The van der Waals surface area contributed by atoms with Crippen LogP contribution in [0.25, 0.3) is 0 Å². The Morgan fingerprint density at radius 2 is 1.64 bits per heavy atom. The van der Waals surface area contributed by atoms with E-state index in [4.69, 9.17) is 9.15 Å². The second kappa shape index (κ2) is 15.4. The number of ether oxygens (including phenoxy) is 2. The number of benzene rings is 1. The lowest BCUT2D eigenvalue weighted by Gasteiger charge is -2.19. The van der Waals surface area contributed by atoms with Gasteiger partial charge in [0.1, 0.15) is 11.4 Å². The van der Waals surface area contributed by atoms with Crippen LogP contribution in [0.4, 0.5) is 0 Å². The quantitative estimate of drug-likeness (QED) is 0.252. The van der Waals surface area contributed by atoms with Crippen molar-refractivity contribution < 1.29 is 33.4 Å². The summed E-state index contributed by atoms with van der Waals surface area (Å²) in [5, 5.41) is 12.2. The van der Waals surface area contributed by atoms with E-state index in [1.165, 1.54) is 14.0 Å². The Kier molecular flexibility index (Phi) is 12.3. The smallest absolute Gasteiger partial charge is 0.331 e. The van der Waals surface area contributed by atoms with Crippen LogP contribution in [-0.2, 0) is 25.5 Å². The first kappa shape index (κ1) is 31.2. The highest BCUT2D eigenvalue weighted by molar-refractivity contribution is 5.97. The van der Waals surface area contributed by atoms with Crippen LogP contribution in [0.15, 0.2) is 40.8 Å². The second-order valence-electron chi connectivity index (χ2n) is 10.1. The van der Waals surface area contributed by atoms with Crippen molar-refractivity contribution >= 4 is 17.8 Å². The van der Waals surface area contributed by atoms with Crippen molar-refractivity contribution in [2.75, 3.05) is 7.11 Å². The predicted octanol–water partition coefficient (Wildman–Crippen LogP) is 4.17. The Morgan fingerprint density at radius 3 is 2.28 bits per heavy atom. The van der Waals surface area contributed by atoms with Crippen LogP contribution in [0.3, 0.4) is 0 Å². The molecule has 0 spiro atoms. The van der Waals surface area contributed by atoms with E-state index in [2.05, 4.69) is 33.7 Å². The summed E-state index contributed by atoms with van der Waals surface area (Å²) in [6.07, 6.45) is 3.89. The van der Waals surface area contributed by atoms with Crippen molar-refractivity contribution in [1.82, 2.24) is 5.32 Å². The van der Waals surface area contributed by atoms with Crippen LogP contribution in [0.2, 0.25) is 0 Å². The first-order chi connectivity index (χ1) is 18.5. The van der Waals surface area contributed by atoms with E-state index in [1.54, 1.807) is 24.3 Å². The average molecular weight is 536 g/mol. The van der Waals surface area contributed by atoms with Gasteiger partial charge in [-0.05, 0) is 94.7 Å². The number of unbranched alkanes of at least 4 members (excludes halogenated alkanes) is 3.